The largest absolute Gasteiger partial charge is 0.450 e. The zero-order chi connectivity index (χ0) is 7.98. The predicted molar refractivity (Wildman–Crippen MR) is 39.6 cm³/mol. The van der Waals surface area contributed by atoms with Gasteiger partial charge in [0.15, 0.2) is 0 Å². The Labute approximate surface area is 62.0 Å². The molecule has 3 nitrogen and oxygen atoms in total. The van der Waals surface area contributed by atoms with E-state index in [1.807, 2.05) is 0 Å². The molecule has 0 aliphatic carbocycles. The maximum atomic E-state index is 10.8. The van der Waals surface area contributed by atoms with E-state index in [1.54, 1.807) is 14.0 Å². The number of hydrogen-bond donors (Lipinski definition) is 0. The van der Waals surface area contributed by atoms with Crippen molar-refractivity contribution < 1.29 is 9.53 Å². The molecule has 0 bridgehead atoms. The van der Waals surface area contributed by atoms with Gasteiger partial charge in [0, 0.05) is 13.6 Å². The Morgan fingerprint density at radius 3 is 2.70 bits per heavy atom. The normalized spacial score (nSPS) is 9.10. The molecule has 1 amide bonds. The lowest BCUT2D eigenvalue weighted by atomic mass is 10.5. The fraction of sp³-hybridized carbons (Fsp3) is 0.714. The molecule has 1 radical (unpaired) electrons. The summed E-state index contributed by atoms with van der Waals surface area (Å²) in [7, 11) is 1.70. The maximum absolute atomic E-state index is 10.8. The van der Waals surface area contributed by atoms with Crippen molar-refractivity contribution in [2.45, 2.75) is 13.3 Å². The Bertz CT molecular complexity index is 104. The quantitative estimate of drug-likeness (QED) is 0.597. The number of hydrogen-bond acceptors (Lipinski definition) is 2. The molecule has 0 atom stereocenters. The fourth-order valence-corrected chi connectivity index (χ4v) is 0.562. The molecule has 0 N–H and O–H groups in total. The van der Waals surface area contributed by atoms with E-state index in [9.17, 15) is 4.79 Å². The van der Waals surface area contributed by atoms with Crippen LogP contribution in [0.25, 0.3) is 0 Å². The summed E-state index contributed by atoms with van der Waals surface area (Å²) in [6, 6.07) is 0. The van der Waals surface area contributed by atoms with E-state index in [0.29, 0.717) is 13.2 Å². The monoisotopic (exact) mass is 144 g/mol. The van der Waals surface area contributed by atoms with Crippen molar-refractivity contribution in [2.75, 3.05) is 20.2 Å². The standard InChI is InChI=1S/C7H14NO2/c1-4-6-8(3)7(9)10-5-2/h1,4-6H2,2-3H3. The number of carbonyl (C=O) groups is 1. The van der Waals surface area contributed by atoms with Crippen LogP contribution in [-0.4, -0.2) is 31.2 Å². The summed E-state index contributed by atoms with van der Waals surface area (Å²) in [5, 5.41) is 0. The van der Waals surface area contributed by atoms with E-state index >= 15 is 0 Å². The average Bonchev–Trinajstić information content (AvgIpc) is 1.89. The second-order valence-corrected chi connectivity index (χ2v) is 1.97. The molecular weight excluding hydrogens is 130 g/mol. The number of ether oxygens (including phenoxy) is 1. The summed E-state index contributed by atoms with van der Waals surface area (Å²) in [4.78, 5) is 12.3. The van der Waals surface area contributed by atoms with Crippen LogP contribution < -0.4 is 0 Å². The molecule has 10 heavy (non-hydrogen) atoms. The minimum absolute atomic E-state index is 0.272. The van der Waals surface area contributed by atoms with Crippen LogP contribution in [0, 0.1) is 6.92 Å². The van der Waals surface area contributed by atoms with Crippen LogP contribution in [-0.2, 0) is 4.74 Å². The molecule has 0 aromatic heterocycles. The molecule has 0 fully saturated rings. The van der Waals surface area contributed by atoms with Gasteiger partial charge in [-0.2, -0.15) is 0 Å². The summed E-state index contributed by atoms with van der Waals surface area (Å²) in [5.41, 5.74) is 0. The number of amides is 1. The van der Waals surface area contributed by atoms with Crippen LogP contribution >= 0.6 is 0 Å². The zero-order valence-electron chi connectivity index (χ0n) is 6.59. The highest BCUT2D eigenvalue weighted by molar-refractivity contribution is 5.67. The van der Waals surface area contributed by atoms with E-state index in [2.05, 4.69) is 6.92 Å². The lowest BCUT2D eigenvalue weighted by molar-refractivity contribution is 0.117. The van der Waals surface area contributed by atoms with Gasteiger partial charge in [0.2, 0.25) is 0 Å². The van der Waals surface area contributed by atoms with Gasteiger partial charge in [-0.1, -0.05) is 6.92 Å². The van der Waals surface area contributed by atoms with Crippen LogP contribution in [0.2, 0.25) is 0 Å². The van der Waals surface area contributed by atoms with Crippen LogP contribution in [0.1, 0.15) is 13.3 Å². The molecule has 59 valence electrons. The van der Waals surface area contributed by atoms with E-state index < -0.39 is 0 Å². The van der Waals surface area contributed by atoms with Gasteiger partial charge < -0.3 is 9.64 Å². The maximum Gasteiger partial charge on any atom is 0.409 e. The Morgan fingerprint density at radius 1 is 1.70 bits per heavy atom. The van der Waals surface area contributed by atoms with Crippen molar-refractivity contribution in [3.63, 3.8) is 0 Å². The summed E-state index contributed by atoms with van der Waals surface area (Å²) in [6.07, 6.45) is 0.445. The Kier molecular flexibility index (Phi) is 4.72. The van der Waals surface area contributed by atoms with Gasteiger partial charge in [-0.25, -0.2) is 4.79 Å². The molecule has 0 saturated heterocycles. The second kappa shape index (κ2) is 5.09. The molecule has 0 unspecified atom stereocenters. The third-order valence-corrected chi connectivity index (χ3v) is 1.07. The van der Waals surface area contributed by atoms with E-state index in [0.717, 1.165) is 6.42 Å². The number of nitrogens with zero attached hydrogens (tertiary/aromatic N) is 1. The van der Waals surface area contributed by atoms with Gasteiger partial charge in [0.25, 0.3) is 0 Å². The van der Waals surface area contributed by atoms with Gasteiger partial charge in [-0.3, -0.25) is 0 Å². The first-order valence-corrected chi connectivity index (χ1v) is 3.39. The van der Waals surface area contributed by atoms with Crippen molar-refractivity contribution in [3.8, 4) is 0 Å². The van der Waals surface area contributed by atoms with Crippen LogP contribution in [0.5, 0.6) is 0 Å². The van der Waals surface area contributed by atoms with Crippen molar-refractivity contribution >= 4 is 6.09 Å². The average molecular weight is 144 g/mol. The molecular formula is C7H14NO2. The van der Waals surface area contributed by atoms with Crippen molar-refractivity contribution in [2.24, 2.45) is 0 Å². The van der Waals surface area contributed by atoms with Crippen LogP contribution in [0.4, 0.5) is 4.79 Å². The molecule has 0 heterocycles. The van der Waals surface area contributed by atoms with Gasteiger partial charge in [0.05, 0.1) is 6.61 Å². The van der Waals surface area contributed by atoms with E-state index in [4.69, 9.17) is 4.74 Å². The van der Waals surface area contributed by atoms with Gasteiger partial charge in [0.1, 0.15) is 0 Å². The first-order chi connectivity index (χ1) is 4.72. The highest BCUT2D eigenvalue weighted by Crippen LogP contribution is 1.90. The highest BCUT2D eigenvalue weighted by Gasteiger charge is 2.05. The third kappa shape index (κ3) is 3.33. The molecule has 0 spiro atoms. The molecule has 0 aromatic carbocycles. The lowest BCUT2D eigenvalue weighted by Crippen LogP contribution is -2.27. The number of rotatable bonds is 3. The first-order valence-electron chi connectivity index (χ1n) is 3.39. The summed E-state index contributed by atoms with van der Waals surface area (Å²) in [5.74, 6) is 0. The van der Waals surface area contributed by atoms with Gasteiger partial charge >= 0.3 is 6.09 Å². The highest BCUT2D eigenvalue weighted by atomic mass is 16.5. The van der Waals surface area contributed by atoms with Gasteiger partial charge in [-0.15, -0.1) is 0 Å². The topological polar surface area (TPSA) is 29.5 Å². The third-order valence-electron chi connectivity index (χ3n) is 1.07. The van der Waals surface area contributed by atoms with Crippen molar-refractivity contribution in [3.05, 3.63) is 6.92 Å². The lowest BCUT2D eigenvalue weighted by Gasteiger charge is -2.14. The second-order valence-electron chi connectivity index (χ2n) is 1.97. The molecule has 3 heteroatoms. The Balaban J connectivity index is 3.49. The zero-order valence-corrected chi connectivity index (χ0v) is 6.59. The predicted octanol–water partition coefficient (Wildman–Crippen LogP) is 1.30. The Hall–Kier alpha value is -0.730. The number of carbonyl (C=O) groups excluding carboxylic acids is 1. The minimum Gasteiger partial charge on any atom is -0.450 e. The molecule has 0 aromatic rings. The van der Waals surface area contributed by atoms with Crippen LogP contribution in [0.3, 0.4) is 0 Å². The smallest absolute Gasteiger partial charge is 0.409 e. The molecule has 0 rings (SSSR count). The van der Waals surface area contributed by atoms with Crippen molar-refractivity contribution in [1.29, 1.82) is 0 Å². The first kappa shape index (κ1) is 9.27. The minimum atomic E-state index is -0.272. The summed E-state index contributed by atoms with van der Waals surface area (Å²) >= 11 is 0. The molecule has 0 aliphatic heterocycles. The Morgan fingerprint density at radius 2 is 2.30 bits per heavy atom. The molecule has 0 aliphatic rings. The fourth-order valence-electron chi connectivity index (χ4n) is 0.562. The van der Waals surface area contributed by atoms with E-state index in [-0.39, 0.29) is 6.09 Å². The van der Waals surface area contributed by atoms with Crippen LogP contribution in [0.15, 0.2) is 0 Å². The van der Waals surface area contributed by atoms with Gasteiger partial charge in [-0.05, 0) is 13.3 Å². The van der Waals surface area contributed by atoms with E-state index in [1.165, 1.54) is 4.90 Å². The molecule has 0 saturated carbocycles. The summed E-state index contributed by atoms with van der Waals surface area (Å²) in [6.45, 7) is 6.49. The van der Waals surface area contributed by atoms with Crippen molar-refractivity contribution in [1.82, 2.24) is 4.90 Å². The summed E-state index contributed by atoms with van der Waals surface area (Å²) < 4.78 is 4.72. The SMILES string of the molecule is [CH2]CCN(C)C(=O)OCC.